The van der Waals surface area contributed by atoms with Gasteiger partial charge in [-0.2, -0.15) is 0 Å². The molecule has 0 spiro atoms. The van der Waals surface area contributed by atoms with Crippen molar-refractivity contribution in [3.05, 3.63) is 64.8 Å². The molecule has 29 heavy (non-hydrogen) atoms. The van der Waals surface area contributed by atoms with E-state index in [0.717, 1.165) is 50.3 Å². The number of aromatic amines is 1. The lowest BCUT2D eigenvalue weighted by atomic mass is 10.1. The topological polar surface area (TPSA) is 79.5 Å². The van der Waals surface area contributed by atoms with Crippen molar-refractivity contribution in [2.24, 2.45) is 0 Å². The summed E-state index contributed by atoms with van der Waals surface area (Å²) in [6.45, 7) is 1.89. The van der Waals surface area contributed by atoms with E-state index >= 15 is 0 Å². The van der Waals surface area contributed by atoms with Gasteiger partial charge in [0.1, 0.15) is 5.75 Å². The normalized spacial score (nSPS) is 16.0. The standard InChI is InChI=1S/C22H24N2O4S/c1-14-18(19-12-16(28-2)9-10-20(19)23-14)13-22(25)24(29(3,26)27)21-11-8-15-6-4-5-7-17(15)21/h4-7,9-10,12,21,23H,8,11,13H2,1-3H3. The van der Waals surface area contributed by atoms with Crippen LogP contribution in [0.5, 0.6) is 5.75 Å². The summed E-state index contributed by atoms with van der Waals surface area (Å²) in [5.41, 5.74) is 4.56. The van der Waals surface area contributed by atoms with Gasteiger partial charge in [-0.25, -0.2) is 12.7 Å². The minimum Gasteiger partial charge on any atom is -0.497 e. The molecule has 0 saturated heterocycles. The van der Waals surface area contributed by atoms with Crippen LogP contribution in [-0.2, 0) is 27.7 Å². The first-order valence-electron chi connectivity index (χ1n) is 9.55. The Morgan fingerprint density at radius 2 is 2.00 bits per heavy atom. The van der Waals surface area contributed by atoms with Gasteiger partial charge in [0.05, 0.1) is 25.8 Å². The molecule has 0 fully saturated rings. The average Bonchev–Trinajstić information content (AvgIpc) is 3.22. The molecule has 0 radical (unpaired) electrons. The molecule has 0 aliphatic heterocycles. The number of H-pyrrole nitrogens is 1. The number of methoxy groups -OCH3 is 1. The molecule has 0 saturated carbocycles. The molecule has 0 bridgehead atoms. The molecule has 1 aromatic heterocycles. The summed E-state index contributed by atoms with van der Waals surface area (Å²) in [6.07, 6.45) is 2.49. The summed E-state index contributed by atoms with van der Waals surface area (Å²) < 4.78 is 31.6. The number of ether oxygens (including phenoxy) is 1. The fourth-order valence-electron chi connectivity index (χ4n) is 4.31. The lowest BCUT2D eigenvalue weighted by Gasteiger charge is -2.27. The molecule has 1 aliphatic rings. The molecule has 7 heteroatoms. The van der Waals surface area contributed by atoms with E-state index in [-0.39, 0.29) is 6.42 Å². The third-order valence-corrected chi connectivity index (χ3v) is 6.81. The van der Waals surface area contributed by atoms with Gasteiger partial charge in [0.15, 0.2) is 0 Å². The smallest absolute Gasteiger partial charge is 0.241 e. The molecular weight excluding hydrogens is 388 g/mol. The summed E-state index contributed by atoms with van der Waals surface area (Å²) in [4.78, 5) is 16.6. The number of hydrogen-bond donors (Lipinski definition) is 1. The summed E-state index contributed by atoms with van der Waals surface area (Å²) in [5.74, 6) is 0.274. The Kier molecular flexibility index (Phi) is 4.86. The highest BCUT2D eigenvalue weighted by atomic mass is 32.2. The number of sulfonamides is 1. The van der Waals surface area contributed by atoms with E-state index in [9.17, 15) is 13.2 Å². The Labute approximate surface area is 170 Å². The Balaban J connectivity index is 1.72. The monoisotopic (exact) mass is 412 g/mol. The van der Waals surface area contributed by atoms with E-state index in [2.05, 4.69) is 4.98 Å². The number of hydrogen-bond acceptors (Lipinski definition) is 4. The van der Waals surface area contributed by atoms with Crippen LogP contribution in [0.2, 0.25) is 0 Å². The van der Waals surface area contributed by atoms with E-state index in [1.165, 1.54) is 0 Å². The second-order valence-electron chi connectivity index (χ2n) is 7.52. The van der Waals surface area contributed by atoms with Crippen molar-refractivity contribution in [1.29, 1.82) is 0 Å². The SMILES string of the molecule is COc1ccc2[nH]c(C)c(CC(=O)N(C3CCc4ccccc43)S(C)(=O)=O)c2c1. The van der Waals surface area contributed by atoms with Crippen LogP contribution < -0.4 is 4.74 Å². The lowest BCUT2D eigenvalue weighted by Crippen LogP contribution is -2.39. The lowest BCUT2D eigenvalue weighted by molar-refractivity contribution is -0.127. The van der Waals surface area contributed by atoms with Crippen molar-refractivity contribution >= 4 is 26.8 Å². The molecule has 1 aliphatic carbocycles. The van der Waals surface area contributed by atoms with Crippen LogP contribution >= 0.6 is 0 Å². The number of rotatable bonds is 5. The molecule has 6 nitrogen and oxygen atoms in total. The number of aryl methyl sites for hydroxylation is 2. The van der Waals surface area contributed by atoms with Gasteiger partial charge < -0.3 is 9.72 Å². The van der Waals surface area contributed by atoms with Crippen LogP contribution in [0.1, 0.15) is 34.8 Å². The van der Waals surface area contributed by atoms with Crippen LogP contribution in [-0.4, -0.2) is 37.0 Å². The molecule has 2 aromatic carbocycles. The predicted molar refractivity (Wildman–Crippen MR) is 112 cm³/mol. The van der Waals surface area contributed by atoms with E-state index in [1.807, 2.05) is 49.4 Å². The maximum absolute atomic E-state index is 13.3. The van der Waals surface area contributed by atoms with Gasteiger partial charge in [0.2, 0.25) is 15.9 Å². The molecule has 3 aromatic rings. The summed E-state index contributed by atoms with van der Waals surface area (Å²) in [5, 5.41) is 0.871. The van der Waals surface area contributed by atoms with Crippen LogP contribution in [0.15, 0.2) is 42.5 Å². The minimum atomic E-state index is -3.72. The largest absolute Gasteiger partial charge is 0.497 e. The summed E-state index contributed by atoms with van der Waals surface area (Å²) >= 11 is 0. The number of carbonyl (C=O) groups is 1. The van der Waals surface area contributed by atoms with Gasteiger partial charge in [0.25, 0.3) is 0 Å². The maximum Gasteiger partial charge on any atom is 0.241 e. The first-order valence-corrected chi connectivity index (χ1v) is 11.4. The van der Waals surface area contributed by atoms with Crippen molar-refractivity contribution < 1.29 is 17.9 Å². The summed E-state index contributed by atoms with van der Waals surface area (Å²) in [6, 6.07) is 12.9. The zero-order valence-corrected chi connectivity index (χ0v) is 17.5. The van der Waals surface area contributed by atoms with Crippen molar-refractivity contribution in [1.82, 2.24) is 9.29 Å². The van der Waals surface area contributed by atoms with Crippen LogP contribution in [0, 0.1) is 6.92 Å². The summed E-state index contributed by atoms with van der Waals surface area (Å²) in [7, 11) is -2.13. The molecule has 1 unspecified atom stereocenters. The zero-order valence-electron chi connectivity index (χ0n) is 16.7. The number of carbonyl (C=O) groups excluding carboxylic acids is 1. The van der Waals surface area contributed by atoms with Crippen molar-refractivity contribution in [3.8, 4) is 5.75 Å². The number of benzene rings is 2. The first-order chi connectivity index (χ1) is 13.8. The molecule has 1 amide bonds. The molecule has 152 valence electrons. The van der Waals surface area contributed by atoms with E-state index in [1.54, 1.807) is 7.11 Å². The quantitative estimate of drug-likeness (QED) is 0.696. The van der Waals surface area contributed by atoms with E-state index < -0.39 is 22.0 Å². The number of aromatic nitrogens is 1. The Morgan fingerprint density at radius 3 is 2.72 bits per heavy atom. The molecule has 1 heterocycles. The molecule has 1 N–H and O–H groups in total. The number of nitrogens with one attached hydrogen (secondary N) is 1. The predicted octanol–water partition coefficient (Wildman–Crippen LogP) is 3.50. The van der Waals surface area contributed by atoms with Gasteiger partial charge in [-0.3, -0.25) is 4.79 Å². The minimum absolute atomic E-state index is 0.00470. The van der Waals surface area contributed by atoms with Crippen LogP contribution in [0.3, 0.4) is 0 Å². The third-order valence-electron chi connectivity index (χ3n) is 5.64. The Hall–Kier alpha value is -2.80. The van der Waals surface area contributed by atoms with Crippen molar-refractivity contribution in [3.63, 3.8) is 0 Å². The third kappa shape index (κ3) is 3.51. The number of amides is 1. The molecule has 1 atom stereocenters. The van der Waals surface area contributed by atoms with Gasteiger partial charge in [-0.1, -0.05) is 24.3 Å². The van der Waals surface area contributed by atoms with E-state index in [4.69, 9.17) is 4.74 Å². The van der Waals surface area contributed by atoms with Gasteiger partial charge >= 0.3 is 0 Å². The highest BCUT2D eigenvalue weighted by Gasteiger charge is 2.36. The first kappa shape index (κ1) is 19.5. The van der Waals surface area contributed by atoms with Gasteiger partial charge in [-0.05, 0) is 54.7 Å². The average molecular weight is 413 g/mol. The highest BCUT2D eigenvalue weighted by molar-refractivity contribution is 7.88. The Morgan fingerprint density at radius 1 is 1.24 bits per heavy atom. The fraction of sp³-hybridized carbons (Fsp3) is 0.318. The Bertz CT molecular complexity index is 1200. The number of fused-ring (bicyclic) bond motifs is 2. The zero-order chi connectivity index (χ0) is 20.8. The molecular formula is C22H24N2O4S. The number of nitrogens with zero attached hydrogens (tertiary/aromatic N) is 1. The van der Waals surface area contributed by atoms with Crippen LogP contribution in [0.4, 0.5) is 0 Å². The second kappa shape index (κ2) is 7.22. The van der Waals surface area contributed by atoms with Crippen LogP contribution in [0.25, 0.3) is 10.9 Å². The second-order valence-corrected chi connectivity index (χ2v) is 9.38. The van der Waals surface area contributed by atoms with Crippen molar-refractivity contribution in [2.45, 2.75) is 32.2 Å². The van der Waals surface area contributed by atoms with Crippen molar-refractivity contribution in [2.75, 3.05) is 13.4 Å². The maximum atomic E-state index is 13.3. The van der Waals surface area contributed by atoms with Gasteiger partial charge in [0, 0.05) is 16.6 Å². The molecule has 4 rings (SSSR count). The van der Waals surface area contributed by atoms with E-state index in [0.29, 0.717) is 12.2 Å². The van der Waals surface area contributed by atoms with Gasteiger partial charge in [-0.15, -0.1) is 0 Å². The fourth-order valence-corrected chi connectivity index (χ4v) is 5.43. The highest BCUT2D eigenvalue weighted by Crippen LogP contribution is 2.37.